The highest BCUT2D eigenvalue weighted by Gasteiger charge is 2.17. The molecule has 0 aliphatic heterocycles. The van der Waals surface area contributed by atoms with Crippen molar-refractivity contribution in [1.29, 1.82) is 0 Å². The maximum atomic E-state index is 12.5. The molecule has 1 N–H and O–H groups in total. The van der Waals surface area contributed by atoms with E-state index in [9.17, 15) is 9.59 Å². The van der Waals surface area contributed by atoms with Crippen molar-refractivity contribution in [1.82, 2.24) is 15.5 Å². The molecule has 0 aliphatic rings. The number of carbonyl (C=O) groups is 2. The van der Waals surface area contributed by atoms with Gasteiger partial charge < -0.3 is 24.1 Å². The predicted octanol–water partition coefficient (Wildman–Crippen LogP) is 2.97. The van der Waals surface area contributed by atoms with E-state index < -0.39 is 11.9 Å². The van der Waals surface area contributed by atoms with E-state index in [0.717, 1.165) is 5.56 Å². The van der Waals surface area contributed by atoms with Gasteiger partial charge in [0, 0.05) is 12.5 Å². The minimum Gasteiger partial charge on any atom is -0.493 e. The van der Waals surface area contributed by atoms with Gasteiger partial charge in [0.15, 0.2) is 18.1 Å². The van der Waals surface area contributed by atoms with Gasteiger partial charge in [-0.1, -0.05) is 35.5 Å². The van der Waals surface area contributed by atoms with E-state index in [1.165, 1.54) is 20.1 Å². The van der Waals surface area contributed by atoms with E-state index in [2.05, 4.69) is 15.5 Å². The number of ether oxygens (including phenoxy) is 3. The molecular formula is C22H21N3O6. The molecule has 2 aromatic carbocycles. The maximum Gasteiger partial charge on any atom is 0.355 e. The Labute approximate surface area is 178 Å². The van der Waals surface area contributed by atoms with Crippen LogP contribution in [0.4, 0.5) is 0 Å². The lowest BCUT2D eigenvalue weighted by Crippen LogP contribution is -2.26. The summed E-state index contributed by atoms with van der Waals surface area (Å²) >= 11 is 0. The molecule has 1 heterocycles. The van der Waals surface area contributed by atoms with Gasteiger partial charge in [0.05, 0.1) is 14.2 Å². The topological polar surface area (TPSA) is 113 Å². The number of nitrogens with zero attached hydrogens (tertiary/aromatic N) is 2. The highest BCUT2D eigenvalue weighted by atomic mass is 16.6. The summed E-state index contributed by atoms with van der Waals surface area (Å²) in [5.41, 5.74) is 1.37. The largest absolute Gasteiger partial charge is 0.493 e. The van der Waals surface area contributed by atoms with Crippen LogP contribution in [-0.4, -0.2) is 36.2 Å². The Balaban J connectivity index is 1.71. The van der Waals surface area contributed by atoms with E-state index in [4.69, 9.17) is 18.7 Å². The van der Waals surface area contributed by atoms with Gasteiger partial charge in [-0.2, -0.15) is 4.98 Å². The molecule has 9 heteroatoms. The van der Waals surface area contributed by atoms with Crippen LogP contribution in [0.1, 0.15) is 18.4 Å². The van der Waals surface area contributed by atoms with Crippen LogP contribution in [-0.2, 0) is 20.9 Å². The van der Waals surface area contributed by atoms with Gasteiger partial charge >= 0.3 is 5.97 Å². The summed E-state index contributed by atoms with van der Waals surface area (Å²) in [6, 6.07) is 14.2. The number of esters is 1. The molecule has 0 fully saturated rings. The Bertz CT molecular complexity index is 1090. The Morgan fingerprint density at radius 2 is 1.81 bits per heavy atom. The summed E-state index contributed by atoms with van der Waals surface area (Å²) in [6.45, 7) is 1.05. The van der Waals surface area contributed by atoms with Crippen molar-refractivity contribution in [2.45, 2.75) is 13.5 Å². The summed E-state index contributed by atoms with van der Waals surface area (Å²) in [7, 11) is 3.07. The van der Waals surface area contributed by atoms with Crippen molar-refractivity contribution in [2.75, 3.05) is 14.2 Å². The second-order valence-corrected chi connectivity index (χ2v) is 6.31. The molecule has 1 amide bonds. The fourth-order valence-electron chi connectivity index (χ4n) is 2.66. The Hall–Kier alpha value is -4.14. The molecule has 0 saturated heterocycles. The van der Waals surface area contributed by atoms with Gasteiger partial charge in [0.2, 0.25) is 11.7 Å². The zero-order valence-electron chi connectivity index (χ0n) is 17.2. The first-order valence-corrected chi connectivity index (χ1v) is 9.26. The minimum atomic E-state index is -0.732. The van der Waals surface area contributed by atoms with Gasteiger partial charge in [-0.3, -0.25) is 4.79 Å². The smallest absolute Gasteiger partial charge is 0.355 e. The number of rotatable bonds is 8. The van der Waals surface area contributed by atoms with Crippen LogP contribution in [0.25, 0.3) is 17.5 Å². The van der Waals surface area contributed by atoms with Gasteiger partial charge in [0.1, 0.15) is 5.70 Å². The zero-order chi connectivity index (χ0) is 22.2. The van der Waals surface area contributed by atoms with Crippen molar-refractivity contribution in [3.05, 3.63) is 65.7 Å². The van der Waals surface area contributed by atoms with Gasteiger partial charge in [0.25, 0.3) is 5.89 Å². The number of aromatic nitrogens is 2. The lowest BCUT2D eigenvalue weighted by atomic mass is 10.2. The van der Waals surface area contributed by atoms with E-state index in [0.29, 0.717) is 22.9 Å². The summed E-state index contributed by atoms with van der Waals surface area (Å²) in [5.74, 6) is 0.356. The van der Waals surface area contributed by atoms with E-state index in [1.54, 1.807) is 37.4 Å². The van der Waals surface area contributed by atoms with Crippen LogP contribution >= 0.6 is 0 Å². The standard InChI is InChI=1S/C22H21N3O6/c1-14(26)23-17(11-15-7-5-4-6-8-15)22(27)30-13-20-24-21(25-31-20)16-9-10-18(28-2)19(12-16)29-3/h4-12H,13H2,1-3H3,(H,23,26)/b17-11-. The summed E-state index contributed by atoms with van der Waals surface area (Å²) < 4.78 is 20.9. The number of hydrogen-bond donors (Lipinski definition) is 1. The molecule has 0 spiro atoms. The lowest BCUT2D eigenvalue weighted by Gasteiger charge is -2.08. The summed E-state index contributed by atoms with van der Waals surface area (Å²) in [4.78, 5) is 28.2. The van der Waals surface area contributed by atoms with Crippen LogP contribution in [0.15, 0.2) is 58.8 Å². The number of benzene rings is 2. The Morgan fingerprint density at radius 1 is 1.06 bits per heavy atom. The summed E-state index contributed by atoms with van der Waals surface area (Å²) in [6.07, 6.45) is 1.52. The Morgan fingerprint density at radius 3 is 2.48 bits per heavy atom. The van der Waals surface area contributed by atoms with Crippen LogP contribution in [0.2, 0.25) is 0 Å². The first-order chi connectivity index (χ1) is 15.0. The van der Waals surface area contributed by atoms with Gasteiger partial charge in [-0.15, -0.1) is 0 Å². The predicted molar refractivity (Wildman–Crippen MR) is 111 cm³/mol. The highest BCUT2D eigenvalue weighted by Crippen LogP contribution is 2.31. The van der Waals surface area contributed by atoms with Gasteiger partial charge in [-0.25, -0.2) is 4.79 Å². The van der Waals surface area contributed by atoms with Crippen LogP contribution in [0, 0.1) is 0 Å². The average molecular weight is 423 g/mol. The van der Waals surface area contributed by atoms with Gasteiger partial charge in [-0.05, 0) is 29.8 Å². The Kier molecular flexibility index (Phi) is 7.00. The molecular weight excluding hydrogens is 402 g/mol. The SMILES string of the molecule is COc1ccc(-c2noc(COC(=O)/C(=C/c3ccccc3)NC(C)=O)n2)cc1OC. The quantitative estimate of drug-likeness (QED) is 0.435. The van der Waals surface area contributed by atoms with Crippen molar-refractivity contribution < 1.29 is 28.3 Å². The monoisotopic (exact) mass is 423 g/mol. The fraction of sp³-hybridized carbons (Fsp3) is 0.182. The van der Waals surface area contributed by atoms with E-state index >= 15 is 0 Å². The van der Waals surface area contributed by atoms with Crippen molar-refractivity contribution >= 4 is 18.0 Å². The molecule has 1 aromatic heterocycles. The lowest BCUT2D eigenvalue weighted by molar-refractivity contribution is -0.142. The third-order valence-electron chi connectivity index (χ3n) is 4.08. The van der Waals surface area contributed by atoms with Crippen LogP contribution < -0.4 is 14.8 Å². The molecule has 3 aromatic rings. The van der Waals surface area contributed by atoms with Crippen LogP contribution in [0.5, 0.6) is 11.5 Å². The molecule has 9 nitrogen and oxygen atoms in total. The molecule has 0 radical (unpaired) electrons. The van der Waals surface area contributed by atoms with Crippen molar-refractivity contribution in [3.63, 3.8) is 0 Å². The number of hydrogen-bond acceptors (Lipinski definition) is 8. The highest BCUT2D eigenvalue weighted by molar-refractivity contribution is 5.97. The third-order valence-corrected chi connectivity index (χ3v) is 4.08. The molecule has 0 aliphatic carbocycles. The maximum absolute atomic E-state index is 12.5. The molecule has 0 saturated carbocycles. The first-order valence-electron chi connectivity index (χ1n) is 9.26. The zero-order valence-corrected chi connectivity index (χ0v) is 17.2. The third kappa shape index (κ3) is 5.69. The second-order valence-electron chi connectivity index (χ2n) is 6.31. The molecule has 0 atom stereocenters. The molecule has 0 unspecified atom stereocenters. The second kappa shape index (κ2) is 10.1. The van der Waals surface area contributed by atoms with Crippen molar-refractivity contribution in [2.24, 2.45) is 0 Å². The summed E-state index contributed by atoms with van der Waals surface area (Å²) in [5, 5.41) is 6.37. The fourth-order valence-corrected chi connectivity index (χ4v) is 2.66. The minimum absolute atomic E-state index is 0.00155. The normalized spacial score (nSPS) is 11.0. The molecule has 160 valence electrons. The molecule has 0 bridgehead atoms. The van der Waals surface area contributed by atoms with E-state index in [-0.39, 0.29) is 18.2 Å². The van der Waals surface area contributed by atoms with E-state index in [1.807, 2.05) is 18.2 Å². The number of amides is 1. The average Bonchev–Trinajstić information content (AvgIpc) is 3.26. The molecule has 3 rings (SSSR count). The number of methoxy groups -OCH3 is 2. The van der Waals surface area contributed by atoms with Crippen molar-refractivity contribution in [3.8, 4) is 22.9 Å². The first kappa shape index (κ1) is 21.6. The molecule has 31 heavy (non-hydrogen) atoms. The number of nitrogens with one attached hydrogen (secondary N) is 1. The number of carbonyl (C=O) groups excluding carboxylic acids is 2. The van der Waals surface area contributed by atoms with Crippen LogP contribution in [0.3, 0.4) is 0 Å².